The lowest BCUT2D eigenvalue weighted by Crippen LogP contribution is -2.21. The van der Waals surface area contributed by atoms with Crippen molar-refractivity contribution in [1.29, 1.82) is 0 Å². The van der Waals surface area contributed by atoms with Crippen molar-refractivity contribution >= 4 is 0 Å². The second-order valence-corrected chi connectivity index (χ2v) is 6.08. The van der Waals surface area contributed by atoms with Gasteiger partial charge in [-0.2, -0.15) is 0 Å². The molecule has 2 heterocycles. The molecule has 128 valence electrons. The van der Waals surface area contributed by atoms with Crippen molar-refractivity contribution < 1.29 is 14.6 Å². The maximum atomic E-state index is 10.4. The van der Waals surface area contributed by atoms with E-state index >= 15 is 0 Å². The van der Waals surface area contributed by atoms with Crippen LogP contribution in [0.3, 0.4) is 0 Å². The first-order valence-electron chi connectivity index (χ1n) is 8.06. The zero-order chi connectivity index (χ0) is 16.9. The second-order valence-electron chi connectivity index (χ2n) is 6.08. The monoisotopic (exact) mass is 329 g/mol. The molecule has 0 amide bonds. The zero-order valence-electron chi connectivity index (χ0n) is 14.1. The van der Waals surface area contributed by atoms with Crippen LogP contribution in [-0.4, -0.2) is 53.4 Å². The lowest BCUT2D eigenvalue weighted by atomic mass is 10.0. The van der Waals surface area contributed by atoms with Gasteiger partial charge in [0.25, 0.3) is 0 Å². The maximum absolute atomic E-state index is 10.4. The Morgan fingerprint density at radius 1 is 1.21 bits per heavy atom. The van der Waals surface area contributed by atoms with Gasteiger partial charge in [0, 0.05) is 49.7 Å². The first kappa shape index (κ1) is 16.7. The fraction of sp³-hybridized carbons (Fsp3) is 0.444. The molecule has 0 spiro atoms. The lowest BCUT2D eigenvalue weighted by Gasteiger charge is -2.19. The minimum absolute atomic E-state index is 0.165. The fourth-order valence-electron chi connectivity index (χ4n) is 3.29. The molecule has 1 N–H and O–H groups in total. The minimum Gasteiger partial charge on any atom is -0.493 e. The van der Waals surface area contributed by atoms with Crippen molar-refractivity contribution in [2.45, 2.75) is 19.1 Å². The second kappa shape index (κ2) is 7.59. The van der Waals surface area contributed by atoms with Crippen molar-refractivity contribution in [1.82, 2.24) is 14.9 Å². The highest BCUT2D eigenvalue weighted by molar-refractivity contribution is 5.46. The average Bonchev–Trinajstić information content (AvgIpc) is 2.94. The molecule has 1 aromatic heterocycles. The summed E-state index contributed by atoms with van der Waals surface area (Å²) in [6, 6.07) is 5.88. The molecule has 2 atom stereocenters. The number of ether oxygens (including phenoxy) is 2. The first-order chi connectivity index (χ1) is 11.7. The third kappa shape index (κ3) is 3.66. The molecule has 1 aliphatic heterocycles. The summed E-state index contributed by atoms with van der Waals surface area (Å²) in [5.74, 6) is 1.65. The number of aliphatic hydroxyl groups excluding tert-OH is 1. The van der Waals surface area contributed by atoms with E-state index in [1.165, 1.54) is 0 Å². The average molecular weight is 329 g/mol. The van der Waals surface area contributed by atoms with Crippen molar-refractivity contribution in [2.24, 2.45) is 5.92 Å². The van der Waals surface area contributed by atoms with Gasteiger partial charge in [0.05, 0.1) is 26.0 Å². The van der Waals surface area contributed by atoms with E-state index in [0.29, 0.717) is 13.1 Å². The molecule has 2 aromatic rings. The molecule has 1 saturated heterocycles. The van der Waals surface area contributed by atoms with Crippen LogP contribution in [0.2, 0.25) is 0 Å². The van der Waals surface area contributed by atoms with Crippen molar-refractivity contribution in [3.8, 4) is 11.5 Å². The summed E-state index contributed by atoms with van der Waals surface area (Å²) in [5.41, 5.74) is 1.98. The number of hydrogen-bond donors (Lipinski definition) is 1. The summed E-state index contributed by atoms with van der Waals surface area (Å²) >= 11 is 0. The van der Waals surface area contributed by atoms with Crippen LogP contribution in [0.25, 0.3) is 0 Å². The van der Waals surface area contributed by atoms with Crippen molar-refractivity contribution in [3.05, 3.63) is 48.0 Å². The molecule has 2 unspecified atom stereocenters. The van der Waals surface area contributed by atoms with Crippen LogP contribution >= 0.6 is 0 Å². The third-order valence-corrected chi connectivity index (χ3v) is 4.45. The van der Waals surface area contributed by atoms with E-state index in [4.69, 9.17) is 9.47 Å². The number of likely N-dealkylation sites (tertiary alicyclic amines) is 1. The van der Waals surface area contributed by atoms with Gasteiger partial charge in [0.15, 0.2) is 11.5 Å². The van der Waals surface area contributed by atoms with E-state index in [0.717, 1.165) is 35.7 Å². The Kier molecular flexibility index (Phi) is 5.27. The standard InChI is InChI=1S/C18H23N3O3/c1-23-17-5-3-4-13(18(17)24-2)10-21-11-14(16(22)12-21)8-15-9-19-6-7-20-15/h3-7,9,14,16,22H,8,10-12H2,1-2H3. The molecule has 0 radical (unpaired) electrons. The number of methoxy groups -OCH3 is 2. The number of β-amino-alcohol motifs (C(OH)–C–C–N with tert-alkyl or cyclic N) is 1. The van der Waals surface area contributed by atoms with Crippen LogP contribution in [-0.2, 0) is 13.0 Å². The summed E-state index contributed by atoms with van der Waals surface area (Å²) in [7, 11) is 3.29. The van der Waals surface area contributed by atoms with Crippen LogP contribution in [0.4, 0.5) is 0 Å². The van der Waals surface area contributed by atoms with Gasteiger partial charge in [-0.05, 0) is 12.5 Å². The number of nitrogens with zero attached hydrogens (tertiary/aromatic N) is 3. The smallest absolute Gasteiger partial charge is 0.165 e. The van der Waals surface area contributed by atoms with Crippen LogP contribution in [0, 0.1) is 5.92 Å². The van der Waals surface area contributed by atoms with Gasteiger partial charge in [0.2, 0.25) is 0 Å². The van der Waals surface area contributed by atoms with Gasteiger partial charge in [-0.1, -0.05) is 12.1 Å². The third-order valence-electron chi connectivity index (χ3n) is 4.45. The van der Waals surface area contributed by atoms with Gasteiger partial charge in [-0.3, -0.25) is 14.9 Å². The topological polar surface area (TPSA) is 67.7 Å². The first-order valence-corrected chi connectivity index (χ1v) is 8.06. The van der Waals surface area contributed by atoms with E-state index in [1.54, 1.807) is 32.8 Å². The Morgan fingerprint density at radius 3 is 2.79 bits per heavy atom. The van der Waals surface area contributed by atoms with E-state index in [9.17, 15) is 5.11 Å². The molecular formula is C18H23N3O3. The lowest BCUT2D eigenvalue weighted by molar-refractivity contribution is 0.140. The zero-order valence-corrected chi connectivity index (χ0v) is 14.1. The molecule has 1 aliphatic rings. The van der Waals surface area contributed by atoms with E-state index in [-0.39, 0.29) is 12.0 Å². The predicted molar refractivity (Wildman–Crippen MR) is 90.1 cm³/mol. The van der Waals surface area contributed by atoms with Crippen molar-refractivity contribution in [2.75, 3.05) is 27.3 Å². The number of hydrogen-bond acceptors (Lipinski definition) is 6. The normalized spacial score (nSPS) is 21.0. The summed E-state index contributed by atoms with van der Waals surface area (Å²) in [6.07, 6.45) is 5.50. The molecule has 1 fully saturated rings. The summed E-state index contributed by atoms with van der Waals surface area (Å²) in [4.78, 5) is 10.6. The quantitative estimate of drug-likeness (QED) is 0.867. The highest BCUT2D eigenvalue weighted by atomic mass is 16.5. The van der Waals surface area contributed by atoms with Gasteiger partial charge in [-0.25, -0.2) is 0 Å². The fourth-order valence-corrected chi connectivity index (χ4v) is 3.29. The van der Waals surface area contributed by atoms with Crippen molar-refractivity contribution in [3.63, 3.8) is 0 Å². The number of aromatic nitrogens is 2. The number of rotatable bonds is 6. The van der Waals surface area contributed by atoms with Crippen LogP contribution in [0.15, 0.2) is 36.8 Å². The molecule has 0 bridgehead atoms. The summed E-state index contributed by atoms with van der Waals surface area (Å²) < 4.78 is 10.8. The van der Waals surface area contributed by atoms with E-state index < -0.39 is 0 Å². The number of aliphatic hydroxyl groups is 1. The number of para-hydroxylation sites is 1. The highest BCUT2D eigenvalue weighted by Crippen LogP contribution is 2.32. The largest absolute Gasteiger partial charge is 0.493 e. The Bertz CT molecular complexity index is 666. The van der Waals surface area contributed by atoms with Crippen LogP contribution in [0.5, 0.6) is 11.5 Å². The SMILES string of the molecule is COc1cccc(CN2CC(O)C(Cc3cnccn3)C2)c1OC. The molecule has 6 heteroatoms. The maximum Gasteiger partial charge on any atom is 0.165 e. The predicted octanol–water partition coefficient (Wildman–Crippen LogP) is 1.53. The van der Waals surface area contributed by atoms with E-state index in [2.05, 4.69) is 14.9 Å². The van der Waals surface area contributed by atoms with E-state index in [1.807, 2.05) is 18.2 Å². The molecular weight excluding hydrogens is 306 g/mol. The molecule has 1 aromatic carbocycles. The summed E-state index contributed by atoms with van der Waals surface area (Å²) in [5, 5.41) is 10.4. The Labute approximate surface area is 142 Å². The Morgan fingerprint density at radius 2 is 2.08 bits per heavy atom. The van der Waals surface area contributed by atoms with Crippen LogP contribution in [0.1, 0.15) is 11.3 Å². The minimum atomic E-state index is -0.358. The molecule has 24 heavy (non-hydrogen) atoms. The number of benzene rings is 1. The van der Waals surface area contributed by atoms with Gasteiger partial charge >= 0.3 is 0 Å². The molecule has 6 nitrogen and oxygen atoms in total. The Hall–Kier alpha value is -2.18. The highest BCUT2D eigenvalue weighted by Gasteiger charge is 2.32. The molecule has 0 saturated carbocycles. The summed E-state index contributed by atoms with van der Waals surface area (Å²) in [6.45, 7) is 2.18. The Balaban J connectivity index is 1.67. The van der Waals surface area contributed by atoms with Gasteiger partial charge in [-0.15, -0.1) is 0 Å². The van der Waals surface area contributed by atoms with Gasteiger partial charge < -0.3 is 14.6 Å². The molecule has 3 rings (SSSR count). The molecule has 0 aliphatic carbocycles. The van der Waals surface area contributed by atoms with Gasteiger partial charge in [0.1, 0.15) is 0 Å². The van der Waals surface area contributed by atoms with Crippen LogP contribution < -0.4 is 9.47 Å².